The molecule has 0 saturated carbocycles. The van der Waals surface area contributed by atoms with Crippen molar-refractivity contribution in [2.24, 2.45) is 0 Å². The van der Waals surface area contributed by atoms with Crippen molar-refractivity contribution in [2.45, 2.75) is 20.0 Å². The van der Waals surface area contributed by atoms with Crippen molar-refractivity contribution in [3.05, 3.63) is 64.1 Å². The van der Waals surface area contributed by atoms with E-state index in [1.54, 1.807) is 19.1 Å². The second-order valence-electron chi connectivity index (χ2n) is 5.42. The molecule has 130 valence electrons. The Morgan fingerprint density at radius 1 is 1.24 bits per heavy atom. The second kappa shape index (κ2) is 7.70. The number of esters is 1. The van der Waals surface area contributed by atoms with Crippen LogP contribution in [0.5, 0.6) is 5.75 Å². The number of rotatable bonds is 6. The predicted molar refractivity (Wildman–Crippen MR) is 95.0 cm³/mol. The van der Waals surface area contributed by atoms with Crippen molar-refractivity contribution < 1.29 is 23.1 Å². The van der Waals surface area contributed by atoms with E-state index in [1.807, 2.05) is 24.3 Å². The number of hydrogen-bond acceptors (Lipinski definition) is 4. The molecule has 3 rings (SSSR count). The van der Waals surface area contributed by atoms with Gasteiger partial charge in [0.05, 0.1) is 17.5 Å². The molecule has 25 heavy (non-hydrogen) atoms. The molecule has 2 aromatic carbocycles. The molecule has 0 spiro atoms. The summed E-state index contributed by atoms with van der Waals surface area (Å²) in [5, 5.41) is 0.658. The second-order valence-corrected chi connectivity index (χ2v) is 6.28. The van der Waals surface area contributed by atoms with Gasteiger partial charge in [0.1, 0.15) is 12.4 Å². The summed E-state index contributed by atoms with van der Waals surface area (Å²) in [6.07, 6.45) is 0.152. The van der Waals surface area contributed by atoms with Crippen molar-refractivity contribution in [1.29, 1.82) is 0 Å². The van der Waals surface area contributed by atoms with Crippen LogP contribution in [0.15, 0.2) is 51.4 Å². The highest BCUT2D eigenvalue weighted by atomic mass is 79.9. The van der Waals surface area contributed by atoms with Gasteiger partial charge < -0.3 is 13.9 Å². The Bertz CT molecular complexity index is 904. The third kappa shape index (κ3) is 4.20. The zero-order valence-corrected chi connectivity index (χ0v) is 15.1. The Hall–Kier alpha value is -2.34. The van der Waals surface area contributed by atoms with Crippen molar-refractivity contribution in [2.75, 3.05) is 6.61 Å². The maximum Gasteiger partial charge on any atom is 0.310 e. The van der Waals surface area contributed by atoms with Crippen molar-refractivity contribution in [3.8, 4) is 5.75 Å². The highest BCUT2D eigenvalue weighted by Gasteiger charge is 2.12. The molecule has 0 atom stereocenters. The summed E-state index contributed by atoms with van der Waals surface area (Å²) < 4.78 is 29.8. The number of halogens is 2. The largest absolute Gasteiger partial charge is 0.489 e. The van der Waals surface area contributed by atoms with Gasteiger partial charge >= 0.3 is 5.97 Å². The Labute approximate surface area is 152 Å². The summed E-state index contributed by atoms with van der Waals surface area (Å²) in [7, 11) is 0. The summed E-state index contributed by atoms with van der Waals surface area (Å²) in [4.78, 5) is 11.7. The molecule has 0 amide bonds. The molecule has 6 heteroatoms. The van der Waals surface area contributed by atoms with Crippen LogP contribution in [0.3, 0.4) is 0 Å². The summed E-state index contributed by atoms with van der Waals surface area (Å²) >= 11 is 3.37. The summed E-state index contributed by atoms with van der Waals surface area (Å²) in [5.74, 6) is 0.321. The van der Waals surface area contributed by atoms with Crippen LogP contribution >= 0.6 is 15.9 Å². The van der Waals surface area contributed by atoms with E-state index in [0.29, 0.717) is 27.8 Å². The molecule has 1 heterocycles. The van der Waals surface area contributed by atoms with Crippen LogP contribution in [0.4, 0.5) is 4.39 Å². The first-order valence-electron chi connectivity index (χ1n) is 7.80. The van der Waals surface area contributed by atoms with E-state index in [2.05, 4.69) is 15.9 Å². The van der Waals surface area contributed by atoms with Crippen LogP contribution in [-0.4, -0.2) is 12.6 Å². The van der Waals surface area contributed by atoms with Gasteiger partial charge in [0, 0.05) is 17.0 Å². The fourth-order valence-electron chi connectivity index (χ4n) is 2.54. The molecular weight excluding hydrogens is 391 g/mol. The van der Waals surface area contributed by atoms with Gasteiger partial charge in [-0.05, 0) is 46.6 Å². The Morgan fingerprint density at radius 2 is 2.04 bits per heavy atom. The van der Waals surface area contributed by atoms with E-state index in [-0.39, 0.29) is 19.0 Å². The van der Waals surface area contributed by atoms with E-state index < -0.39 is 6.01 Å². The molecule has 0 unspecified atom stereocenters. The van der Waals surface area contributed by atoms with Gasteiger partial charge in [-0.1, -0.05) is 18.2 Å². The minimum atomic E-state index is -0.631. The molecule has 0 aliphatic carbocycles. The number of fused-ring (bicyclic) bond motifs is 1. The first-order valence-corrected chi connectivity index (χ1v) is 8.60. The minimum Gasteiger partial charge on any atom is -0.489 e. The number of ether oxygens (including phenoxy) is 2. The van der Waals surface area contributed by atoms with Crippen LogP contribution in [-0.2, 0) is 22.6 Å². The Morgan fingerprint density at radius 3 is 2.84 bits per heavy atom. The topological polar surface area (TPSA) is 48.7 Å². The van der Waals surface area contributed by atoms with Crippen LogP contribution in [0, 0.1) is 6.01 Å². The van der Waals surface area contributed by atoms with Gasteiger partial charge in [0.15, 0.2) is 5.58 Å². The minimum absolute atomic E-state index is 0.152. The quantitative estimate of drug-likeness (QED) is 0.539. The molecule has 0 saturated heterocycles. The summed E-state index contributed by atoms with van der Waals surface area (Å²) in [6.45, 7) is 2.39. The maximum atomic E-state index is 13.3. The number of benzene rings is 2. The molecule has 1 aromatic heterocycles. The van der Waals surface area contributed by atoms with Gasteiger partial charge in [-0.25, -0.2) is 0 Å². The first-order chi connectivity index (χ1) is 12.1. The van der Waals surface area contributed by atoms with Crippen LogP contribution in [0.25, 0.3) is 11.0 Å². The Balaban J connectivity index is 1.76. The molecule has 0 bridgehead atoms. The Kier molecular flexibility index (Phi) is 5.38. The number of carbonyl (C=O) groups excluding carboxylic acids is 1. The van der Waals surface area contributed by atoms with Gasteiger partial charge in [-0.2, -0.15) is 4.39 Å². The molecule has 0 fully saturated rings. The van der Waals surface area contributed by atoms with Gasteiger partial charge in [0.25, 0.3) is 6.01 Å². The monoisotopic (exact) mass is 406 g/mol. The molecular formula is C19H16BrFO4. The third-order valence-corrected chi connectivity index (χ3v) is 4.20. The number of hydrogen-bond donors (Lipinski definition) is 0. The fourth-order valence-corrected chi connectivity index (χ4v) is 3.14. The zero-order chi connectivity index (χ0) is 17.8. The van der Waals surface area contributed by atoms with Gasteiger partial charge in [-0.15, -0.1) is 0 Å². The average Bonchev–Trinajstić information content (AvgIpc) is 2.95. The third-order valence-electron chi connectivity index (χ3n) is 3.61. The van der Waals surface area contributed by atoms with Crippen LogP contribution < -0.4 is 4.74 Å². The average molecular weight is 407 g/mol. The normalized spacial score (nSPS) is 10.8. The molecule has 0 aliphatic heterocycles. The lowest BCUT2D eigenvalue weighted by Gasteiger charge is -2.11. The van der Waals surface area contributed by atoms with Crippen LogP contribution in [0.2, 0.25) is 0 Å². The fraction of sp³-hybridized carbons (Fsp3) is 0.211. The standard InChI is InChI=1S/C19H16BrFO4/c1-2-23-18(22)10-13-5-3-4-6-16(13)24-11-12-7-14-9-17(21)25-19(14)15(20)8-12/h3-9H,2,10-11H2,1H3. The van der Waals surface area contributed by atoms with Gasteiger partial charge in [-0.3, -0.25) is 4.79 Å². The van der Waals surface area contributed by atoms with E-state index in [0.717, 1.165) is 11.1 Å². The number of carbonyl (C=O) groups is 1. The van der Waals surface area contributed by atoms with Crippen LogP contribution in [0.1, 0.15) is 18.1 Å². The SMILES string of the molecule is CCOC(=O)Cc1ccccc1OCc1cc(Br)c2oc(F)cc2c1. The van der Waals surface area contributed by atoms with E-state index in [4.69, 9.17) is 13.9 Å². The predicted octanol–water partition coefficient (Wildman–Crippen LogP) is 5.02. The molecule has 4 nitrogen and oxygen atoms in total. The van der Waals surface area contributed by atoms with E-state index in [1.165, 1.54) is 6.07 Å². The summed E-state index contributed by atoms with van der Waals surface area (Å²) in [6, 6.07) is 11.6. The molecule has 3 aromatic rings. The number of para-hydroxylation sites is 1. The van der Waals surface area contributed by atoms with E-state index in [9.17, 15) is 9.18 Å². The van der Waals surface area contributed by atoms with Crippen molar-refractivity contribution in [1.82, 2.24) is 0 Å². The highest BCUT2D eigenvalue weighted by molar-refractivity contribution is 9.10. The lowest BCUT2D eigenvalue weighted by molar-refractivity contribution is -0.142. The molecule has 0 radical (unpaired) electrons. The highest BCUT2D eigenvalue weighted by Crippen LogP contribution is 2.29. The first kappa shape index (κ1) is 17.5. The molecule has 0 N–H and O–H groups in total. The van der Waals surface area contributed by atoms with Gasteiger partial charge in [0.2, 0.25) is 0 Å². The summed E-state index contributed by atoms with van der Waals surface area (Å²) in [5.41, 5.74) is 2.07. The smallest absolute Gasteiger partial charge is 0.310 e. The van der Waals surface area contributed by atoms with Crippen molar-refractivity contribution in [3.63, 3.8) is 0 Å². The number of furan rings is 1. The zero-order valence-electron chi connectivity index (χ0n) is 13.6. The molecule has 0 aliphatic rings. The van der Waals surface area contributed by atoms with Crippen molar-refractivity contribution >= 4 is 32.9 Å². The van der Waals surface area contributed by atoms with E-state index >= 15 is 0 Å². The lowest BCUT2D eigenvalue weighted by atomic mass is 10.1. The maximum absolute atomic E-state index is 13.3. The lowest BCUT2D eigenvalue weighted by Crippen LogP contribution is -2.09.